The molecule has 0 atom stereocenters. The number of piperidine rings is 1. The van der Waals surface area contributed by atoms with E-state index in [0.29, 0.717) is 38.4 Å². The van der Waals surface area contributed by atoms with Gasteiger partial charge < -0.3 is 10.2 Å². The monoisotopic (exact) mass is 444 g/mol. The third kappa shape index (κ3) is 5.10. The molecule has 1 aliphatic heterocycles. The van der Waals surface area contributed by atoms with Gasteiger partial charge in [0.1, 0.15) is 0 Å². The number of amides is 2. The van der Waals surface area contributed by atoms with Crippen molar-refractivity contribution in [2.45, 2.75) is 44.6 Å². The third-order valence-electron chi connectivity index (χ3n) is 6.49. The first-order chi connectivity index (χ1) is 16.2. The number of likely N-dealkylation sites (tertiary alicyclic amines) is 1. The summed E-state index contributed by atoms with van der Waals surface area (Å²) in [6, 6.07) is 18.1. The van der Waals surface area contributed by atoms with Gasteiger partial charge in [0, 0.05) is 36.7 Å². The van der Waals surface area contributed by atoms with E-state index in [1.54, 1.807) is 0 Å². The van der Waals surface area contributed by atoms with Gasteiger partial charge in [-0.2, -0.15) is 0 Å². The standard InChI is InChI=1S/C25H28N6O2/c32-23(13-6-18-4-2-1-3-5-18)30-16-14-20(15-17-30)25(33)26-21-9-7-19(8-10-21)24-27-28-29-31(24)22-11-12-22/h1-5,7-10,20,22H,6,11-17H2,(H,26,33). The van der Waals surface area contributed by atoms with E-state index in [2.05, 4.69) is 20.8 Å². The van der Waals surface area contributed by atoms with Crippen LogP contribution in [0.2, 0.25) is 0 Å². The summed E-state index contributed by atoms with van der Waals surface area (Å²) in [5.74, 6) is 0.869. The summed E-state index contributed by atoms with van der Waals surface area (Å²) < 4.78 is 1.88. The molecule has 2 aromatic carbocycles. The minimum Gasteiger partial charge on any atom is -0.343 e. The molecule has 170 valence electrons. The highest BCUT2D eigenvalue weighted by Crippen LogP contribution is 2.36. The Labute approximate surface area is 193 Å². The predicted octanol–water partition coefficient (Wildman–Crippen LogP) is 3.48. The zero-order valence-electron chi connectivity index (χ0n) is 18.6. The molecule has 1 saturated heterocycles. The number of carbonyl (C=O) groups is 2. The van der Waals surface area contributed by atoms with Crippen LogP contribution in [0.1, 0.15) is 43.7 Å². The Morgan fingerprint density at radius 1 is 0.939 bits per heavy atom. The lowest BCUT2D eigenvalue weighted by molar-refractivity contribution is -0.134. The molecule has 8 heteroatoms. The molecule has 8 nitrogen and oxygen atoms in total. The summed E-state index contributed by atoms with van der Waals surface area (Å²) in [5.41, 5.74) is 2.87. The molecular formula is C25H28N6O2. The van der Waals surface area contributed by atoms with Crippen LogP contribution in [0.25, 0.3) is 11.4 Å². The lowest BCUT2D eigenvalue weighted by Crippen LogP contribution is -2.41. The van der Waals surface area contributed by atoms with Crippen molar-refractivity contribution in [2.24, 2.45) is 5.92 Å². The summed E-state index contributed by atoms with van der Waals surface area (Å²) in [6.45, 7) is 1.27. The van der Waals surface area contributed by atoms with Gasteiger partial charge in [0.05, 0.1) is 6.04 Å². The van der Waals surface area contributed by atoms with Gasteiger partial charge in [-0.25, -0.2) is 4.68 Å². The van der Waals surface area contributed by atoms with Crippen LogP contribution in [0.3, 0.4) is 0 Å². The van der Waals surface area contributed by atoms with Gasteiger partial charge in [-0.15, -0.1) is 5.10 Å². The van der Waals surface area contributed by atoms with Crippen molar-refractivity contribution in [3.8, 4) is 11.4 Å². The number of nitrogens with zero attached hydrogens (tertiary/aromatic N) is 5. The Morgan fingerprint density at radius 2 is 1.67 bits per heavy atom. The lowest BCUT2D eigenvalue weighted by atomic mass is 9.95. The van der Waals surface area contributed by atoms with Crippen LogP contribution in [0.5, 0.6) is 0 Å². The average Bonchev–Trinajstić information content (AvgIpc) is 3.60. The van der Waals surface area contributed by atoms with Crippen LogP contribution in [0.15, 0.2) is 54.6 Å². The Bertz CT molecular complexity index is 1100. The first-order valence-corrected chi connectivity index (χ1v) is 11.7. The molecule has 2 amide bonds. The molecule has 0 spiro atoms. The van der Waals surface area contributed by atoms with Gasteiger partial charge in [0.2, 0.25) is 11.8 Å². The van der Waals surface area contributed by atoms with Crippen LogP contribution < -0.4 is 5.32 Å². The Morgan fingerprint density at radius 3 is 2.36 bits per heavy atom. The Kier molecular flexibility index (Phi) is 6.15. The molecule has 3 aromatic rings. The molecule has 1 aromatic heterocycles. The number of aromatic nitrogens is 4. The number of anilines is 1. The van der Waals surface area contributed by atoms with E-state index >= 15 is 0 Å². The van der Waals surface area contributed by atoms with Crippen molar-refractivity contribution in [2.75, 3.05) is 18.4 Å². The van der Waals surface area contributed by atoms with Gasteiger partial charge in [-0.1, -0.05) is 30.3 Å². The molecule has 33 heavy (non-hydrogen) atoms. The Balaban J connectivity index is 1.10. The largest absolute Gasteiger partial charge is 0.343 e. The minimum absolute atomic E-state index is 0.0157. The van der Waals surface area contributed by atoms with Crippen LogP contribution in [-0.2, 0) is 16.0 Å². The second-order valence-electron chi connectivity index (χ2n) is 8.89. The van der Waals surface area contributed by atoms with E-state index < -0.39 is 0 Å². The number of hydrogen-bond donors (Lipinski definition) is 1. The van der Waals surface area contributed by atoms with Crippen molar-refractivity contribution >= 4 is 17.5 Å². The summed E-state index contributed by atoms with van der Waals surface area (Å²) >= 11 is 0. The highest BCUT2D eigenvalue weighted by atomic mass is 16.2. The van der Waals surface area contributed by atoms with E-state index in [1.165, 1.54) is 5.56 Å². The molecule has 0 bridgehead atoms. The number of hydrogen-bond acceptors (Lipinski definition) is 5. The number of aryl methyl sites for hydroxylation is 1. The van der Waals surface area contributed by atoms with Crippen LogP contribution in [0, 0.1) is 5.92 Å². The fourth-order valence-corrected chi connectivity index (χ4v) is 4.34. The van der Waals surface area contributed by atoms with Crippen LogP contribution in [-0.4, -0.2) is 50.0 Å². The summed E-state index contributed by atoms with van der Waals surface area (Å²) in [6.07, 6.45) is 4.88. The van der Waals surface area contributed by atoms with Gasteiger partial charge in [-0.3, -0.25) is 9.59 Å². The summed E-state index contributed by atoms with van der Waals surface area (Å²) in [7, 11) is 0. The van der Waals surface area contributed by atoms with E-state index in [-0.39, 0.29) is 17.7 Å². The summed E-state index contributed by atoms with van der Waals surface area (Å²) in [5, 5.41) is 15.1. The predicted molar refractivity (Wildman–Crippen MR) is 124 cm³/mol. The normalized spacial score (nSPS) is 16.5. The molecule has 0 unspecified atom stereocenters. The average molecular weight is 445 g/mol. The topological polar surface area (TPSA) is 93.0 Å². The second kappa shape index (κ2) is 9.52. The smallest absolute Gasteiger partial charge is 0.227 e. The van der Waals surface area contributed by atoms with Crippen molar-refractivity contribution in [3.63, 3.8) is 0 Å². The first-order valence-electron chi connectivity index (χ1n) is 11.7. The molecule has 1 aliphatic carbocycles. The maximum absolute atomic E-state index is 12.8. The fraction of sp³-hybridized carbons (Fsp3) is 0.400. The van der Waals surface area contributed by atoms with Gasteiger partial charge in [-0.05, 0) is 72.4 Å². The maximum atomic E-state index is 12.8. The van der Waals surface area contributed by atoms with E-state index in [0.717, 1.165) is 36.3 Å². The minimum atomic E-state index is -0.0787. The number of benzene rings is 2. The maximum Gasteiger partial charge on any atom is 0.227 e. The number of rotatable bonds is 7. The van der Waals surface area contributed by atoms with E-state index in [4.69, 9.17) is 0 Å². The number of nitrogens with one attached hydrogen (secondary N) is 1. The van der Waals surface area contributed by atoms with Crippen LogP contribution >= 0.6 is 0 Å². The Hall–Kier alpha value is -3.55. The first kappa shape index (κ1) is 21.3. The molecule has 1 N–H and O–H groups in total. The van der Waals surface area contributed by atoms with Crippen molar-refractivity contribution < 1.29 is 9.59 Å². The molecule has 0 radical (unpaired) electrons. The number of tetrazole rings is 1. The summed E-state index contributed by atoms with van der Waals surface area (Å²) in [4.78, 5) is 27.2. The third-order valence-corrected chi connectivity index (χ3v) is 6.49. The van der Waals surface area contributed by atoms with Gasteiger partial charge in [0.15, 0.2) is 5.82 Å². The molecular weight excluding hydrogens is 416 g/mol. The van der Waals surface area contributed by atoms with Gasteiger partial charge in [0.25, 0.3) is 0 Å². The van der Waals surface area contributed by atoms with Gasteiger partial charge >= 0.3 is 0 Å². The molecule has 2 fully saturated rings. The lowest BCUT2D eigenvalue weighted by Gasteiger charge is -2.31. The van der Waals surface area contributed by atoms with Crippen molar-refractivity contribution in [3.05, 3.63) is 60.2 Å². The highest BCUT2D eigenvalue weighted by molar-refractivity contribution is 5.93. The molecule has 1 saturated carbocycles. The fourth-order valence-electron chi connectivity index (χ4n) is 4.34. The highest BCUT2D eigenvalue weighted by Gasteiger charge is 2.29. The molecule has 5 rings (SSSR count). The van der Waals surface area contributed by atoms with Crippen LogP contribution in [0.4, 0.5) is 5.69 Å². The zero-order chi connectivity index (χ0) is 22.6. The second-order valence-corrected chi connectivity index (χ2v) is 8.89. The van der Waals surface area contributed by atoms with Crippen molar-refractivity contribution in [1.29, 1.82) is 0 Å². The number of carbonyl (C=O) groups excluding carboxylic acids is 2. The van der Waals surface area contributed by atoms with Crippen molar-refractivity contribution in [1.82, 2.24) is 25.1 Å². The van der Waals surface area contributed by atoms with E-state index in [1.807, 2.05) is 64.2 Å². The zero-order valence-corrected chi connectivity index (χ0v) is 18.6. The molecule has 2 heterocycles. The quantitative estimate of drug-likeness (QED) is 0.602. The van der Waals surface area contributed by atoms with E-state index in [9.17, 15) is 9.59 Å². The molecule has 2 aliphatic rings. The SMILES string of the molecule is O=C(Nc1ccc(-c2nnnn2C2CC2)cc1)C1CCN(C(=O)CCc2ccccc2)CC1.